The summed E-state index contributed by atoms with van der Waals surface area (Å²) in [4.78, 5) is 17.5. The van der Waals surface area contributed by atoms with Crippen LogP contribution in [0.25, 0.3) is 10.9 Å². The maximum absolute atomic E-state index is 13.4. The molecular weight excluding hydrogens is 519 g/mol. The number of rotatable bonds is 11. The van der Waals surface area contributed by atoms with Crippen LogP contribution < -0.4 is 19.7 Å². The first-order valence-corrected chi connectivity index (χ1v) is 15.4. The van der Waals surface area contributed by atoms with Crippen LogP contribution in [0.2, 0.25) is 0 Å². The van der Waals surface area contributed by atoms with Crippen LogP contribution in [-0.2, 0) is 6.54 Å². The molecule has 9 heteroatoms. The van der Waals surface area contributed by atoms with Crippen LogP contribution in [0, 0.1) is 5.82 Å². The number of likely N-dealkylation sites (tertiary alicyclic amines) is 1. The number of nitrogens with one attached hydrogen (secondary N) is 1. The van der Waals surface area contributed by atoms with Crippen molar-refractivity contribution in [1.29, 1.82) is 0 Å². The highest BCUT2D eigenvalue weighted by atomic mass is 19.1. The van der Waals surface area contributed by atoms with E-state index in [4.69, 9.17) is 19.4 Å². The van der Waals surface area contributed by atoms with Crippen molar-refractivity contribution in [3.63, 3.8) is 0 Å². The number of nitrogens with zero attached hydrogens (tertiary/aromatic N) is 5. The van der Waals surface area contributed by atoms with Gasteiger partial charge in [0.1, 0.15) is 11.6 Å². The summed E-state index contributed by atoms with van der Waals surface area (Å²) in [6.45, 7) is 8.55. The van der Waals surface area contributed by atoms with Gasteiger partial charge in [0.15, 0.2) is 11.5 Å². The van der Waals surface area contributed by atoms with E-state index in [1.54, 1.807) is 19.2 Å². The molecule has 2 saturated heterocycles. The minimum absolute atomic E-state index is 0.239. The van der Waals surface area contributed by atoms with Gasteiger partial charge in [-0.3, -0.25) is 4.90 Å². The Labute approximate surface area is 242 Å². The second-order valence-corrected chi connectivity index (χ2v) is 11.6. The SMILES string of the molecule is COc1cc2c(N3CCN(C4CCCC4)CC3)nc(NCc3ccc(F)cc3)nc2cc1OCCCN1CCCC1. The third-order valence-corrected chi connectivity index (χ3v) is 8.85. The van der Waals surface area contributed by atoms with Gasteiger partial charge in [-0.05, 0) is 69.0 Å². The molecule has 0 bridgehead atoms. The Morgan fingerprint density at radius 1 is 0.902 bits per heavy atom. The standard InChI is InChI=1S/C32H43FN6O2/c1-40-29-21-27-28(22-30(29)41-20-6-15-37-13-4-5-14-37)35-32(34-23-24-9-11-25(33)12-10-24)36-31(27)39-18-16-38(17-19-39)26-7-2-3-8-26/h9-12,21-22,26H,2-8,13-20,23H2,1H3,(H,34,35,36). The van der Waals surface area contributed by atoms with E-state index < -0.39 is 0 Å². The predicted molar refractivity (Wildman–Crippen MR) is 162 cm³/mol. The summed E-state index contributed by atoms with van der Waals surface area (Å²) in [6, 6.07) is 11.3. The monoisotopic (exact) mass is 562 g/mol. The van der Waals surface area contributed by atoms with Gasteiger partial charge >= 0.3 is 0 Å². The molecule has 8 nitrogen and oxygen atoms in total. The van der Waals surface area contributed by atoms with E-state index in [1.165, 1.54) is 63.7 Å². The molecule has 3 aromatic rings. The minimum atomic E-state index is -0.239. The number of benzene rings is 2. The summed E-state index contributed by atoms with van der Waals surface area (Å²) < 4.78 is 25.5. The maximum atomic E-state index is 13.4. The third-order valence-electron chi connectivity index (χ3n) is 8.85. The number of hydrogen-bond acceptors (Lipinski definition) is 8. The van der Waals surface area contributed by atoms with Gasteiger partial charge in [0.2, 0.25) is 5.95 Å². The average molecular weight is 563 g/mol. The topological polar surface area (TPSA) is 66.0 Å². The lowest BCUT2D eigenvalue weighted by Gasteiger charge is -2.39. The average Bonchev–Trinajstić information content (AvgIpc) is 3.74. The van der Waals surface area contributed by atoms with Gasteiger partial charge in [-0.1, -0.05) is 25.0 Å². The van der Waals surface area contributed by atoms with Crippen molar-refractivity contribution >= 4 is 22.7 Å². The highest BCUT2D eigenvalue weighted by molar-refractivity contribution is 5.93. The van der Waals surface area contributed by atoms with E-state index in [0.717, 1.165) is 67.5 Å². The Morgan fingerprint density at radius 3 is 2.39 bits per heavy atom. The second kappa shape index (κ2) is 13.2. The summed E-state index contributed by atoms with van der Waals surface area (Å²) in [5.74, 6) is 2.65. The van der Waals surface area contributed by atoms with Gasteiger partial charge < -0.3 is 24.6 Å². The fourth-order valence-electron chi connectivity index (χ4n) is 6.54. The molecule has 0 unspecified atom stereocenters. The molecule has 3 aliphatic rings. The van der Waals surface area contributed by atoms with Crippen LogP contribution in [0.15, 0.2) is 36.4 Å². The number of piperazine rings is 1. The molecular formula is C32H43FN6O2. The first kappa shape index (κ1) is 28.0. The molecule has 0 radical (unpaired) electrons. The summed E-state index contributed by atoms with van der Waals surface area (Å²) >= 11 is 0. The first-order valence-electron chi connectivity index (χ1n) is 15.4. The number of ether oxygens (including phenoxy) is 2. The smallest absolute Gasteiger partial charge is 0.225 e. The van der Waals surface area contributed by atoms with E-state index >= 15 is 0 Å². The van der Waals surface area contributed by atoms with Crippen molar-refractivity contribution in [2.24, 2.45) is 0 Å². The van der Waals surface area contributed by atoms with Gasteiger partial charge in [-0.15, -0.1) is 0 Å². The van der Waals surface area contributed by atoms with Crippen LogP contribution >= 0.6 is 0 Å². The van der Waals surface area contributed by atoms with Crippen LogP contribution in [0.3, 0.4) is 0 Å². The Morgan fingerprint density at radius 2 is 1.66 bits per heavy atom. The zero-order chi connectivity index (χ0) is 28.0. The Hall–Kier alpha value is -3.17. The van der Waals surface area contributed by atoms with Crippen LogP contribution in [-0.4, -0.2) is 85.3 Å². The number of aromatic nitrogens is 2. The summed E-state index contributed by atoms with van der Waals surface area (Å²) in [5, 5.41) is 4.34. The number of halogens is 1. The van der Waals surface area contributed by atoms with E-state index in [2.05, 4.69) is 20.0 Å². The molecule has 1 aromatic heterocycles. The van der Waals surface area contributed by atoms with Gasteiger partial charge in [0, 0.05) is 56.8 Å². The second-order valence-electron chi connectivity index (χ2n) is 11.6. The minimum Gasteiger partial charge on any atom is -0.493 e. The number of fused-ring (bicyclic) bond motifs is 1. The van der Waals surface area contributed by atoms with Gasteiger partial charge in [-0.25, -0.2) is 9.37 Å². The van der Waals surface area contributed by atoms with Gasteiger partial charge in [-0.2, -0.15) is 4.98 Å². The maximum Gasteiger partial charge on any atom is 0.225 e. The van der Waals surface area contributed by atoms with Crippen molar-refractivity contribution in [3.8, 4) is 11.5 Å². The Kier molecular flexibility index (Phi) is 9.01. The van der Waals surface area contributed by atoms with Crippen LogP contribution in [0.4, 0.5) is 16.2 Å². The molecule has 3 heterocycles. The first-order chi connectivity index (χ1) is 20.2. The number of hydrogen-bond donors (Lipinski definition) is 1. The van der Waals surface area contributed by atoms with Crippen molar-refractivity contribution in [2.45, 2.75) is 57.5 Å². The van der Waals surface area contributed by atoms with E-state index in [0.29, 0.717) is 30.6 Å². The highest BCUT2D eigenvalue weighted by Crippen LogP contribution is 2.37. The molecule has 3 fully saturated rings. The van der Waals surface area contributed by atoms with Crippen molar-refractivity contribution in [3.05, 3.63) is 47.8 Å². The van der Waals surface area contributed by atoms with E-state index in [1.807, 2.05) is 12.1 Å². The Balaban J connectivity index is 1.23. The van der Waals surface area contributed by atoms with Crippen molar-refractivity contribution in [2.75, 3.05) is 69.7 Å². The molecule has 2 aromatic carbocycles. The van der Waals surface area contributed by atoms with E-state index in [9.17, 15) is 4.39 Å². The molecule has 1 saturated carbocycles. The quantitative estimate of drug-likeness (QED) is 0.315. The molecule has 0 atom stereocenters. The molecule has 2 aliphatic heterocycles. The lowest BCUT2D eigenvalue weighted by atomic mass is 10.1. The molecule has 6 rings (SSSR count). The summed E-state index contributed by atoms with van der Waals surface area (Å²) in [7, 11) is 1.69. The Bertz CT molecular complexity index is 1290. The zero-order valence-electron chi connectivity index (χ0n) is 24.3. The zero-order valence-corrected chi connectivity index (χ0v) is 24.3. The molecule has 41 heavy (non-hydrogen) atoms. The fraction of sp³-hybridized carbons (Fsp3) is 0.562. The van der Waals surface area contributed by atoms with Gasteiger partial charge in [0.25, 0.3) is 0 Å². The molecule has 0 amide bonds. The third kappa shape index (κ3) is 6.84. The van der Waals surface area contributed by atoms with Crippen LogP contribution in [0.1, 0.15) is 50.5 Å². The largest absolute Gasteiger partial charge is 0.493 e. The normalized spacial score (nSPS) is 18.8. The lowest BCUT2D eigenvalue weighted by Crippen LogP contribution is -2.50. The van der Waals surface area contributed by atoms with Gasteiger partial charge in [0.05, 0.1) is 19.2 Å². The summed E-state index contributed by atoms with van der Waals surface area (Å²) in [5.41, 5.74) is 1.80. The molecule has 1 aliphatic carbocycles. The van der Waals surface area contributed by atoms with Crippen molar-refractivity contribution in [1.82, 2.24) is 19.8 Å². The predicted octanol–water partition coefficient (Wildman–Crippen LogP) is 5.32. The fourth-order valence-corrected chi connectivity index (χ4v) is 6.54. The molecule has 1 N–H and O–H groups in total. The lowest BCUT2D eigenvalue weighted by molar-refractivity contribution is 0.187. The number of methoxy groups -OCH3 is 1. The summed E-state index contributed by atoms with van der Waals surface area (Å²) in [6.07, 6.45) is 8.94. The molecule has 0 spiro atoms. The number of anilines is 2. The van der Waals surface area contributed by atoms with Crippen LogP contribution in [0.5, 0.6) is 11.5 Å². The highest BCUT2D eigenvalue weighted by Gasteiger charge is 2.28. The van der Waals surface area contributed by atoms with Crippen molar-refractivity contribution < 1.29 is 13.9 Å². The molecule has 220 valence electrons. The van der Waals surface area contributed by atoms with E-state index in [-0.39, 0.29) is 5.82 Å².